The lowest BCUT2D eigenvalue weighted by atomic mass is 9.89. The Kier molecular flexibility index (Phi) is 6.40. The molecule has 5 heteroatoms. The molecule has 0 spiro atoms. The van der Waals surface area contributed by atoms with Gasteiger partial charge < -0.3 is 10.2 Å². The fraction of sp³-hybridized carbons (Fsp3) is 0.357. The monoisotopic (exact) mass is 441 g/mol. The van der Waals surface area contributed by atoms with Crippen LogP contribution in [0.25, 0.3) is 10.8 Å². The van der Waals surface area contributed by atoms with E-state index < -0.39 is 6.04 Å². The maximum atomic E-state index is 13.1. The number of piperidine rings is 1. The lowest BCUT2D eigenvalue weighted by Gasteiger charge is -2.37. The van der Waals surface area contributed by atoms with Crippen LogP contribution in [0.3, 0.4) is 0 Å². The van der Waals surface area contributed by atoms with Crippen molar-refractivity contribution < 1.29 is 9.59 Å². The zero-order chi connectivity index (χ0) is 22.6. The summed E-state index contributed by atoms with van der Waals surface area (Å²) in [7, 11) is 0. The predicted molar refractivity (Wildman–Crippen MR) is 131 cm³/mol. The second-order valence-electron chi connectivity index (χ2n) is 9.23. The number of benzene rings is 3. The summed E-state index contributed by atoms with van der Waals surface area (Å²) in [6, 6.07) is 24.9. The van der Waals surface area contributed by atoms with Crippen molar-refractivity contribution in [3.8, 4) is 0 Å². The first-order valence-corrected chi connectivity index (χ1v) is 12.0. The lowest BCUT2D eigenvalue weighted by Crippen LogP contribution is -2.56. The van der Waals surface area contributed by atoms with E-state index in [1.165, 1.54) is 21.9 Å². The topological polar surface area (TPSA) is 52.7 Å². The molecule has 0 aromatic heterocycles. The summed E-state index contributed by atoms with van der Waals surface area (Å²) in [5, 5.41) is 5.37. The standard InChI is InChI=1S/C28H31N3O2/c32-27(30-15-12-24(13-16-30)22-6-2-1-3-7-22)19-26-28(33)29-14-17-31(26)20-21-10-11-23-8-4-5-9-25(23)18-21/h1-11,18,24,26H,12-17,19-20H2,(H,29,33). The molecule has 33 heavy (non-hydrogen) atoms. The van der Waals surface area contributed by atoms with Gasteiger partial charge >= 0.3 is 0 Å². The third-order valence-electron chi connectivity index (χ3n) is 7.13. The predicted octanol–water partition coefficient (Wildman–Crippen LogP) is 3.94. The maximum Gasteiger partial charge on any atom is 0.237 e. The molecule has 5 rings (SSSR count). The molecule has 2 heterocycles. The minimum Gasteiger partial charge on any atom is -0.353 e. The number of rotatable bonds is 5. The number of fused-ring (bicyclic) bond motifs is 1. The van der Waals surface area contributed by atoms with E-state index in [1.54, 1.807) is 0 Å². The largest absolute Gasteiger partial charge is 0.353 e. The van der Waals surface area contributed by atoms with Gasteiger partial charge in [-0.3, -0.25) is 14.5 Å². The van der Waals surface area contributed by atoms with Gasteiger partial charge in [0.1, 0.15) is 0 Å². The molecule has 0 bridgehead atoms. The Labute approximate surface area is 195 Å². The summed E-state index contributed by atoms with van der Waals surface area (Å²) in [6.45, 7) is 3.58. The van der Waals surface area contributed by atoms with E-state index in [0.29, 0.717) is 19.0 Å². The van der Waals surface area contributed by atoms with Gasteiger partial charge in [0.15, 0.2) is 0 Å². The maximum absolute atomic E-state index is 13.1. The molecule has 0 aliphatic carbocycles. The normalized spacial score (nSPS) is 20.1. The fourth-order valence-corrected chi connectivity index (χ4v) is 5.23. The molecule has 0 saturated carbocycles. The Balaban J connectivity index is 1.23. The molecular formula is C28H31N3O2. The van der Waals surface area contributed by atoms with E-state index in [9.17, 15) is 9.59 Å². The molecule has 2 amide bonds. The average molecular weight is 442 g/mol. The molecule has 1 atom stereocenters. The first kappa shape index (κ1) is 21.7. The molecule has 3 aromatic rings. The summed E-state index contributed by atoms with van der Waals surface area (Å²) >= 11 is 0. The number of piperazine rings is 1. The minimum atomic E-state index is -0.412. The summed E-state index contributed by atoms with van der Waals surface area (Å²) in [5.74, 6) is 0.569. The fourth-order valence-electron chi connectivity index (χ4n) is 5.23. The zero-order valence-corrected chi connectivity index (χ0v) is 19.0. The second-order valence-corrected chi connectivity index (χ2v) is 9.23. The number of hydrogen-bond acceptors (Lipinski definition) is 3. The minimum absolute atomic E-state index is 0.0328. The first-order chi connectivity index (χ1) is 16.2. The molecule has 2 aliphatic rings. The highest BCUT2D eigenvalue weighted by molar-refractivity contribution is 5.89. The molecule has 2 fully saturated rings. The van der Waals surface area contributed by atoms with Crippen LogP contribution in [-0.2, 0) is 16.1 Å². The lowest BCUT2D eigenvalue weighted by molar-refractivity contribution is -0.139. The van der Waals surface area contributed by atoms with E-state index >= 15 is 0 Å². The van der Waals surface area contributed by atoms with Crippen LogP contribution < -0.4 is 5.32 Å². The molecule has 5 nitrogen and oxygen atoms in total. The molecule has 2 aliphatic heterocycles. The van der Waals surface area contributed by atoms with Gasteiger partial charge in [-0.2, -0.15) is 0 Å². The summed E-state index contributed by atoms with van der Waals surface area (Å²) < 4.78 is 0. The van der Waals surface area contributed by atoms with Gasteiger partial charge in [-0.15, -0.1) is 0 Å². The van der Waals surface area contributed by atoms with E-state index in [-0.39, 0.29) is 18.2 Å². The van der Waals surface area contributed by atoms with Crippen LogP contribution in [-0.4, -0.2) is 53.8 Å². The third kappa shape index (κ3) is 4.93. The van der Waals surface area contributed by atoms with Crippen molar-refractivity contribution >= 4 is 22.6 Å². The van der Waals surface area contributed by atoms with Crippen LogP contribution in [0.4, 0.5) is 0 Å². The molecule has 0 radical (unpaired) electrons. The Hall–Kier alpha value is -3.18. The van der Waals surface area contributed by atoms with Crippen molar-refractivity contribution in [3.05, 3.63) is 83.9 Å². The zero-order valence-electron chi connectivity index (χ0n) is 19.0. The number of carbonyl (C=O) groups is 2. The molecule has 3 aromatic carbocycles. The average Bonchev–Trinajstić information content (AvgIpc) is 2.86. The molecule has 1 N–H and O–H groups in total. The number of nitrogens with one attached hydrogen (secondary N) is 1. The third-order valence-corrected chi connectivity index (χ3v) is 7.13. The highest BCUT2D eigenvalue weighted by Crippen LogP contribution is 2.28. The Morgan fingerprint density at radius 3 is 2.39 bits per heavy atom. The van der Waals surface area contributed by atoms with Gasteiger partial charge in [-0.25, -0.2) is 0 Å². The van der Waals surface area contributed by atoms with Crippen molar-refractivity contribution in [3.63, 3.8) is 0 Å². The number of likely N-dealkylation sites (tertiary alicyclic amines) is 1. The van der Waals surface area contributed by atoms with E-state index in [1.807, 2.05) is 23.1 Å². The molecule has 170 valence electrons. The van der Waals surface area contributed by atoms with Crippen LogP contribution >= 0.6 is 0 Å². The van der Waals surface area contributed by atoms with E-state index in [4.69, 9.17) is 0 Å². The summed E-state index contributed by atoms with van der Waals surface area (Å²) in [4.78, 5) is 30.0. The smallest absolute Gasteiger partial charge is 0.237 e. The van der Waals surface area contributed by atoms with Gasteiger partial charge in [-0.1, -0.05) is 66.7 Å². The quantitative estimate of drug-likeness (QED) is 0.653. The van der Waals surface area contributed by atoms with Crippen LogP contribution in [0, 0.1) is 0 Å². The SMILES string of the molecule is O=C1NCCN(Cc2ccc3ccccc3c2)C1CC(=O)N1CCC(c2ccccc2)CC1. The van der Waals surface area contributed by atoms with Crippen LogP contribution in [0.1, 0.15) is 36.3 Å². The van der Waals surface area contributed by atoms with Crippen LogP contribution in [0.2, 0.25) is 0 Å². The highest BCUT2D eigenvalue weighted by atomic mass is 16.2. The van der Waals surface area contributed by atoms with Crippen molar-refractivity contribution in [2.24, 2.45) is 0 Å². The Morgan fingerprint density at radius 2 is 1.61 bits per heavy atom. The Bertz CT molecular complexity index is 1120. The number of hydrogen-bond donors (Lipinski definition) is 1. The molecule has 2 saturated heterocycles. The highest BCUT2D eigenvalue weighted by Gasteiger charge is 2.34. The number of amides is 2. The van der Waals surface area contributed by atoms with Crippen LogP contribution in [0.5, 0.6) is 0 Å². The van der Waals surface area contributed by atoms with Crippen LogP contribution in [0.15, 0.2) is 72.8 Å². The second kappa shape index (κ2) is 9.75. The number of carbonyl (C=O) groups excluding carboxylic acids is 2. The van der Waals surface area contributed by atoms with Crippen molar-refractivity contribution in [1.82, 2.24) is 15.1 Å². The summed E-state index contributed by atoms with van der Waals surface area (Å²) in [6.07, 6.45) is 2.20. The first-order valence-electron chi connectivity index (χ1n) is 12.0. The number of nitrogens with zero attached hydrogens (tertiary/aromatic N) is 2. The molecular weight excluding hydrogens is 410 g/mol. The summed E-state index contributed by atoms with van der Waals surface area (Å²) in [5.41, 5.74) is 2.53. The van der Waals surface area contributed by atoms with Gasteiger partial charge in [0.2, 0.25) is 11.8 Å². The van der Waals surface area contributed by atoms with E-state index in [2.05, 4.69) is 64.8 Å². The van der Waals surface area contributed by atoms with Gasteiger partial charge in [0, 0.05) is 32.7 Å². The van der Waals surface area contributed by atoms with Gasteiger partial charge in [0.05, 0.1) is 12.5 Å². The van der Waals surface area contributed by atoms with E-state index in [0.717, 1.165) is 32.5 Å². The van der Waals surface area contributed by atoms with Gasteiger partial charge in [0.25, 0.3) is 0 Å². The van der Waals surface area contributed by atoms with Crippen molar-refractivity contribution in [1.29, 1.82) is 0 Å². The van der Waals surface area contributed by atoms with Gasteiger partial charge in [-0.05, 0) is 46.7 Å². The van der Waals surface area contributed by atoms with Crippen molar-refractivity contribution in [2.75, 3.05) is 26.2 Å². The molecule has 1 unspecified atom stereocenters. The Morgan fingerprint density at radius 1 is 0.879 bits per heavy atom. The van der Waals surface area contributed by atoms with Crippen molar-refractivity contribution in [2.45, 2.75) is 37.8 Å².